The SMILES string of the molecule is Cc1cc(I)ccc1Nc1c(C(=O)O)cc(C(=O)Nc2ccc(N3CCOCC3)cc2)c(F)c1F. The Morgan fingerprint density at radius 1 is 1.00 bits per heavy atom. The van der Waals surface area contributed by atoms with E-state index in [0.717, 1.165) is 34.0 Å². The molecule has 0 unspecified atom stereocenters. The van der Waals surface area contributed by atoms with E-state index in [9.17, 15) is 19.1 Å². The number of morpholine rings is 1. The van der Waals surface area contributed by atoms with Gasteiger partial charge in [0.05, 0.1) is 30.0 Å². The number of hydrogen-bond acceptors (Lipinski definition) is 5. The van der Waals surface area contributed by atoms with Crippen molar-refractivity contribution >= 4 is 57.2 Å². The molecule has 4 rings (SSSR count). The first-order chi connectivity index (χ1) is 16.7. The minimum Gasteiger partial charge on any atom is -0.478 e. The van der Waals surface area contributed by atoms with Crippen molar-refractivity contribution in [3.63, 3.8) is 0 Å². The van der Waals surface area contributed by atoms with E-state index in [1.165, 1.54) is 0 Å². The zero-order valence-electron chi connectivity index (χ0n) is 18.7. The Kier molecular flexibility index (Phi) is 7.51. The van der Waals surface area contributed by atoms with Crippen molar-refractivity contribution in [1.82, 2.24) is 0 Å². The van der Waals surface area contributed by atoms with Crippen LogP contribution in [-0.2, 0) is 4.74 Å². The van der Waals surface area contributed by atoms with E-state index in [4.69, 9.17) is 4.74 Å². The van der Waals surface area contributed by atoms with E-state index in [-0.39, 0.29) is 0 Å². The number of nitrogens with one attached hydrogen (secondary N) is 2. The molecule has 1 fully saturated rings. The summed E-state index contributed by atoms with van der Waals surface area (Å²) in [6, 6.07) is 12.9. The molecule has 3 aromatic rings. The van der Waals surface area contributed by atoms with Gasteiger partial charge >= 0.3 is 5.97 Å². The molecule has 0 radical (unpaired) electrons. The Balaban J connectivity index is 1.59. The molecule has 1 heterocycles. The number of aromatic carboxylic acids is 1. The van der Waals surface area contributed by atoms with Crippen LogP contribution >= 0.6 is 22.6 Å². The quantitative estimate of drug-likeness (QED) is 0.332. The molecule has 182 valence electrons. The van der Waals surface area contributed by atoms with Crippen LogP contribution < -0.4 is 15.5 Å². The molecule has 7 nitrogen and oxygen atoms in total. The number of ether oxygens (including phenoxy) is 1. The van der Waals surface area contributed by atoms with E-state index in [0.29, 0.717) is 24.6 Å². The predicted molar refractivity (Wildman–Crippen MR) is 138 cm³/mol. The maximum absolute atomic E-state index is 15.0. The molecular weight excluding hydrogens is 571 g/mol. The molecule has 1 aliphatic rings. The summed E-state index contributed by atoms with van der Waals surface area (Å²) in [7, 11) is 0. The number of carbonyl (C=O) groups is 2. The molecule has 10 heteroatoms. The van der Waals surface area contributed by atoms with Crippen molar-refractivity contribution in [2.24, 2.45) is 0 Å². The van der Waals surface area contributed by atoms with Gasteiger partial charge in [-0.3, -0.25) is 4.79 Å². The first-order valence-electron chi connectivity index (χ1n) is 10.8. The lowest BCUT2D eigenvalue weighted by atomic mass is 10.0. The molecule has 0 spiro atoms. The second-order valence-electron chi connectivity index (χ2n) is 7.96. The minimum atomic E-state index is -1.50. The molecule has 0 atom stereocenters. The maximum atomic E-state index is 15.0. The number of halogens is 3. The van der Waals surface area contributed by atoms with Crippen molar-refractivity contribution in [3.05, 3.63) is 80.4 Å². The predicted octanol–water partition coefficient (Wildman–Crippen LogP) is 5.41. The Labute approximate surface area is 214 Å². The second kappa shape index (κ2) is 10.6. The summed E-state index contributed by atoms with van der Waals surface area (Å²) >= 11 is 2.11. The fourth-order valence-electron chi connectivity index (χ4n) is 3.76. The van der Waals surface area contributed by atoms with Gasteiger partial charge in [-0.1, -0.05) is 0 Å². The molecule has 1 aliphatic heterocycles. The topological polar surface area (TPSA) is 90.9 Å². The zero-order valence-corrected chi connectivity index (χ0v) is 20.9. The van der Waals surface area contributed by atoms with Crippen molar-refractivity contribution in [3.8, 4) is 0 Å². The summed E-state index contributed by atoms with van der Waals surface area (Å²) in [5, 5.41) is 14.8. The summed E-state index contributed by atoms with van der Waals surface area (Å²) < 4.78 is 36.2. The summed E-state index contributed by atoms with van der Waals surface area (Å²) in [6.07, 6.45) is 0. The number of hydrogen-bond donors (Lipinski definition) is 3. The molecule has 0 saturated carbocycles. The smallest absolute Gasteiger partial charge is 0.337 e. The number of benzene rings is 3. The third kappa shape index (κ3) is 5.54. The van der Waals surface area contributed by atoms with E-state index in [2.05, 4.69) is 38.1 Å². The van der Waals surface area contributed by atoms with E-state index in [1.807, 2.05) is 6.07 Å². The standard InChI is InChI=1S/C25H22F2IN3O4/c1-14-12-15(28)2-7-20(14)30-23-19(25(33)34)13-18(21(26)22(23)27)24(32)29-16-3-5-17(6-4-16)31-8-10-35-11-9-31/h2-7,12-13,30H,8-11H2,1H3,(H,29,32)(H,33,34). The van der Waals surface area contributed by atoms with Gasteiger partial charge in [0, 0.05) is 33.7 Å². The average Bonchev–Trinajstić information content (AvgIpc) is 2.84. The summed E-state index contributed by atoms with van der Waals surface area (Å²) in [5.41, 5.74) is 0.625. The third-order valence-electron chi connectivity index (χ3n) is 5.63. The van der Waals surface area contributed by atoms with Crippen molar-refractivity contribution < 1.29 is 28.2 Å². The summed E-state index contributed by atoms with van der Waals surface area (Å²) in [6.45, 7) is 4.50. The Hall–Kier alpha value is -3.25. The van der Waals surface area contributed by atoms with Gasteiger partial charge in [0.1, 0.15) is 0 Å². The van der Waals surface area contributed by atoms with Crippen LogP contribution in [0.15, 0.2) is 48.5 Å². The Morgan fingerprint density at radius 2 is 1.69 bits per heavy atom. The van der Waals surface area contributed by atoms with Gasteiger partial charge in [0.15, 0.2) is 11.6 Å². The molecule has 35 heavy (non-hydrogen) atoms. The summed E-state index contributed by atoms with van der Waals surface area (Å²) in [4.78, 5) is 26.7. The van der Waals surface area contributed by atoms with Crippen LogP contribution in [-0.4, -0.2) is 43.3 Å². The van der Waals surface area contributed by atoms with Gasteiger partial charge in [-0.05, 0) is 83.6 Å². The van der Waals surface area contributed by atoms with Crippen molar-refractivity contribution in [2.75, 3.05) is 41.8 Å². The molecule has 0 bridgehead atoms. The zero-order chi connectivity index (χ0) is 25.1. The highest BCUT2D eigenvalue weighted by molar-refractivity contribution is 14.1. The number of aryl methyl sites for hydroxylation is 1. The lowest BCUT2D eigenvalue weighted by Gasteiger charge is -2.28. The molecular formula is C25H22F2IN3O4. The number of carbonyl (C=O) groups excluding carboxylic acids is 1. The third-order valence-corrected chi connectivity index (χ3v) is 6.30. The van der Waals surface area contributed by atoms with Gasteiger partial charge in [-0.25, -0.2) is 13.6 Å². The van der Waals surface area contributed by atoms with Crippen LogP contribution in [0.1, 0.15) is 26.3 Å². The van der Waals surface area contributed by atoms with Crippen LogP contribution in [0.5, 0.6) is 0 Å². The van der Waals surface area contributed by atoms with Crippen LogP contribution in [0.2, 0.25) is 0 Å². The van der Waals surface area contributed by atoms with E-state index < -0.39 is 40.3 Å². The Bertz CT molecular complexity index is 1280. The molecule has 1 saturated heterocycles. The van der Waals surface area contributed by atoms with Gasteiger partial charge in [0.25, 0.3) is 5.91 Å². The van der Waals surface area contributed by atoms with Gasteiger partial charge in [0.2, 0.25) is 0 Å². The first kappa shape index (κ1) is 24.9. The fraction of sp³-hybridized carbons (Fsp3) is 0.200. The fourth-order valence-corrected chi connectivity index (χ4v) is 4.41. The van der Waals surface area contributed by atoms with Crippen molar-refractivity contribution in [1.29, 1.82) is 0 Å². The number of amides is 1. The normalized spacial score (nSPS) is 13.4. The lowest BCUT2D eigenvalue weighted by Crippen LogP contribution is -2.36. The van der Waals surface area contributed by atoms with Gasteiger partial charge in [-0.2, -0.15) is 0 Å². The number of nitrogens with zero attached hydrogens (tertiary/aromatic N) is 1. The highest BCUT2D eigenvalue weighted by atomic mass is 127. The van der Waals surface area contributed by atoms with Crippen LogP contribution in [0.4, 0.5) is 31.5 Å². The number of carboxylic acids is 1. The number of carboxylic acid groups (broad SMARTS) is 1. The first-order valence-corrected chi connectivity index (χ1v) is 11.8. The number of rotatable bonds is 6. The Morgan fingerprint density at radius 3 is 2.31 bits per heavy atom. The molecule has 0 aliphatic carbocycles. The summed E-state index contributed by atoms with van der Waals surface area (Å²) in [5.74, 6) is -5.35. The molecule has 1 amide bonds. The van der Waals surface area contributed by atoms with E-state index in [1.54, 1.807) is 43.3 Å². The molecule has 0 aromatic heterocycles. The maximum Gasteiger partial charge on any atom is 0.337 e. The largest absolute Gasteiger partial charge is 0.478 e. The number of anilines is 4. The van der Waals surface area contributed by atoms with Crippen molar-refractivity contribution in [2.45, 2.75) is 6.92 Å². The van der Waals surface area contributed by atoms with E-state index >= 15 is 4.39 Å². The van der Waals surface area contributed by atoms with Gasteiger partial charge < -0.3 is 25.4 Å². The highest BCUT2D eigenvalue weighted by Crippen LogP contribution is 2.31. The van der Waals surface area contributed by atoms with Crippen LogP contribution in [0.25, 0.3) is 0 Å². The molecule has 3 N–H and O–H groups in total. The highest BCUT2D eigenvalue weighted by Gasteiger charge is 2.26. The second-order valence-corrected chi connectivity index (χ2v) is 9.21. The average molecular weight is 593 g/mol. The minimum absolute atomic E-state index is 0.361. The lowest BCUT2D eigenvalue weighted by molar-refractivity contribution is 0.0697. The monoisotopic (exact) mass is 593 g/mol. The molecule has 3 aromatic carbocycles. The van der Waals surface area contributed by atoms with Gasteiger partial charge in [-0.15, -0.1) is 0 Å². The van der Waals surface area contributed by atoms with Crippen LogP contribution in [0, 0.1) is 22.1 Å². The van der Waals surface area contributed by atoms with Crippen LogP contribution in [0.3, 0.4) is 0 Å².